The molecule has 5 nitrogen and oxygen atoms in total. The molecule has 0 saturated carbocycles. The number of oxime groups is 1. The van der Waals surface area contributed by atoms with Gasteiger partial charge in [-0.05, 0) is 37.6 Å². The Kier molecular flexibility index (Phi) is 3.89. The molecule has 0 bridgehead atoms. The van der Waals surface area contributed by atoms with Gasteiger partial charge in [-0.1, -0.05) is 22.9 Å². The van der Waals surface area contributed by atoms with Crippen LogP contribution in [0.2, 0.25) is 0 Å². The molecule has 0 atom stereocenters. The van der Waals surface area contributed by atoms with E-state index in [1.54, 1.807) is 6.20 Å². The monoisotopic (exact) mass is 270 g/mol. The number of nitrogens with zero attached hydrogens (tertiary/aromatic N) is 3. The van der Waals surface area contributed by atoms with Gasteiger partial charge in [-0.2, -0.15) is 0 Å². The first-order valence-corrected chi connectivity index (χ1v) is 6.28. The average molecular weight is 270 g/mol. The van der Waals surface area contributed by atoms with Crippen molar-refractivity contribution < 1.29 is 5.21 Å². The van der Waals surface area contributed by atoms with Gasteiger partial charge < -0.3 is 15.8 Å². The number of anilines is 2. The summed E-state index contributed by atoms with van der Waals surface area (Å²) in [5, 5.41) is 12.0. The maximum absolute atomic E-state index is 8.94. The second-order valence-corrected chi connectivity index (χ2v) is 4.71. The van der Waals surface area contributed by atoms with E-state index in [0.29, 0.717) is 11.4 Å². The molecule has 0 aliphatic rings. The first kappa shape index (κ1) is 13.9. The molecule has 0 unspecified atom stereocenters. The van der Waals surface area contributed by atoms with E-state index in [1.807, 2.05) is 56.1 Å². The molecular formula is C15H18N4O. The lowest BCUT2D eigenvalue weighted by molar-refractivity contribution is 0.318. The van der Waals surface area contributed by atoms with Gasteiger partial charge in [0.25, 0.3) is 0 Å². The van der Waals surface area contributed by atoms with Crippen molar-refractivity contribution in [2.75, 3.05) is 11.9 Å². The van der Waals surface area contributed by atoms with Gasteiger partial charge in [0.05, 0.1) is 5.56 Å². The predicted molar refractivity (Wildman–Crippen MR) is 80.7 cm³/mol. The van der Waals surface area contributed by atoms with Gasteiger partial charge >= 0.3 is 0 Å². The van der Waals surface area contributed by atoms with E-state index in [0.717, 1.165) is 11.3 Å². The van der Waals surface area contributed by atoms with E-state index >= 15 is 0 Å². The predicted octanol–water partition coefficient (Wildman–Crippen LogP) is 2.56. The summed E-state index contributed by atoms with van der Waals surface area (Å²) in [5.74, 6) is 0.716. The maximum atomic E-state index is 8.94. The minimum atomic E-state index is 0.0598. The van der Waals surface area contributed by atoms with Crippen LogP contribution in [0, 0.1) is 13.8 Å². The van der Waals surface area contributed by atoms with Gasteiger partial charge in [-0.3, -0.25) is 0 Å². The lowest BCUT2D eigenvalue weighted by Gasteiger charge is -2.22. The molecule has 0 saturated heterocycles. The Hall–Kier alpha value is -2.56. The van der Waals surface area contributed by atoms with Crippen LogP contribution in [0.5, 0.6) is 0 Å². The Morgan fingerprint density at radius 1 is 1.20 bits per heavy atom. The standard InChI is InChI=1S/C15H18N4O/c1-10-4-6-12(7-5-10)19(3)15-13(14(16)18-20)11(2)8-9-17-15/h4-9,20H,1-3H3,(H2,16,18). The highest BCUT2D eigenvalue weighted by Crippen LogP contribution is 2.26. The minimum Gasteiger partial charge on any atom is -0.409 e. The maximum Gasteiger partial charge on any atom is 0.174 e. The summed E-state index contributed by atoms with van der Waals surface area (Å²) in [7, 11) is 1.90. The second kappa shape index (κ2) is 5.61. The van der Waals surface area contributed by atoms with Crippen LogP contribution in [0.3, 0.4) is 0 Å². The summed E-state index contributed by atoms with van der Waals surface area (Å²) in [4.78, 5) is 6.28. The molecule has 1 heterocycles. The molecule has 0 fully saturated rings. The van der Waals surface area contributed by atoms with Crippen LogP contribution >= 0.6 is 0 Å². The Bertz CT molecular complexity index is 635. The number of benzene rings is 1. The van der Waals surface area contributed by atoms with Crippen LogP contribution in [-0.4, -0.2) is 23.1 Å². The normalized spacial score (nSPS) is 11.4. The Balaban J connectivity index is 2.52. The summed E-state index contributed by atoms with van der Waals surface area (Å²) < 4.78 is 0. The molecule has 1 aromatic carbocycles. The number of nitrogens with two attached hydrogens (primary N) is 1. The SMILES string of the molecule is Cc1ccc(N(C)c2nccc(C)c2/C(N)=N/O)cc1. The number of aromatic nitrogens is 1. The molecule has 0 spiro atoms. The highest BCUT2D eigenvalue weighted by Gasteiger charge is 2.16. The van der Waals surface area contributed by atoms with Crippen LogP contribution in [0.4, 0.5) is 11.5 Å². The van der Waals surface area contributed by atoms with E-state index < -0.39 is 0 Å². The van der Waals surface area contributed by atoms with Crippen molar-refractivity contribution in [1.82, 2.24) is 4.98 Å². The molecule has 0 aliphatic heterocycles. The van der Waals surface area contributed by atoms with Gasteiger partial charge in [0.2, 0.25) is 0 Å². The molecule has 1 aromatic heterocycles. The van der Waals surface area contributed by atoms with Crippen molar-refractivity contribution in [3.05, 3.63) is 53.2 Å². The lowest BCUT2D eigenvalue weighted by atomic mass is 10.1. The van der Waals surface area contributed by atoms with Gasteiger partial charge in [-0.15, -0.1) is 0 Å². The number of rotatable bonds is 3. The first-order chi connectivity index (χ1) is 9.54. The van der Waals surface area contributed by atoms with Crippen molar-refractivity contribution in [1.29, 1.82) is 0 Å². The molecule has 2 rings (SSSR count). The number of aryl methyl sites for hydroxylation is 2. The molecule has 20 heavy (non-hydrogen) atoms. The third-order valence-corrected chi connectivity index (χ3v) is 3.24. The van der Waals surface area contributed by atoms with Crippen LogP contribution in [0.25, 0.3) is 0 Å². The summed E-state index contributed by atoms with van der Waals surface area (Å²) in [6, 6.07) is 9.92. The molecule has 3 N–H and O–H groups in total. The summed E-state index contributed by atoms with van der Waals surface area (Å²) in [6.45, 7) is 3.94. The van der Waals surface area contributed by atoms with Crippen molar-refractivity contribution in [2.24, 2.45) is 10.9 Å². The molecule has 5 heteroatoms. The van der Waals surface area contributed by atoms with E-state index in [1.165, 1.54) is 5.56 Å². The highest BCUT2D eigenvalue weighted by molar-refractivity contribution is 6.03. The molecule has 104 valence electrons. The fourth-order valence-electron chi connectivity index (χ4n) is 2.06. The average Bonchev–Trinajstić information content (AvgIpc) is 2.46. The van der Waals surface area contributed by atoms with Crippen molar-refractivity contribution in [2.45, 2.75) is 13.8 Å². The van der Waals surface area contributed by atoms with E-state index in [4.69, 9.17) is 10.9 Å². The van der Waals surface area contributed by atoms with E-state index in [-0.39, 0.29) is 5.84 Å². The lowest BCUT2D eigenvalue weighted by Crippen LogP contribution is -2.22. The van der Waals surface area contributed by atoms with Gasteiger partial charge in [0.1, 0.15) is 5.82 Å². The smallest absolute Gasteiger partial charge is 0.174 e. The topological polar surface area (TPSA) is 74.7 Å². The third kappa shape index (κ3) is 2.56. The summed E-state index contributed by atoms with van der Waals surface area (Å²) in [6.07, 6.45) is 1.71. The van der Waals surface area contributed by atoms with Crippen molar-refractivity contribution in [3.63, 3.8) is 0 Å². The van der Waals surface area contributed by atoms with E-state index in [2.05, 4.69) is 10.1 Å². The molecular weight excluding hydrogens is 252 g/mol. The van der Waals surface area contributed by atoms with Crippen molar-refractivity contribution >= 4 is 17.3 Å². The molecule has 2 aromatic rings. The molecule has 0 aliphatic carbocycles. The Morgan fingerprint density at radius 2 is 1.85 bits per heavy atom. The fraction of sp³-hybridized carbons (Fsp3) is 0.200. The third-order valence-electron chi connectivity index (χ3n) is 3.24. The number of amidine groups is 1. The van der Waals surface area contributed by atoms with Crippen LogP contribution < -0.4 is 10.6 Å². The number of pyridine rings is 1. The summed E-state index contributed by atoms with van der Waals surface area (Å²) >= 11 is 0. The fourth-order valence-corrected chi connectivity index (χ4v) is 2.06. The van der Waals surface area contributed by atoms with Gasteiger partial charge in [-0.25, -0.2) is 4.98 Å². The summed E-state index contributed by atoms with van der Waals surface area (Å²) in [5.41, 5.74) is 9.49. The Morgan fingerprint density at radius 3 is 2.45 bits per heavy atom. The zero-order chi connectivity index (χ0) is 14.7. The second-order valence-electron chi connectivity index (χ2n) is 4.71. The zero-order valence-electron chi connectivity index (χ0n) is 11.8. The Labute approximate surface area is 118 Å². The first-order valence-electron chi connectivity index (χ1n) is 6.28. The zero-order valence-corrected chi connectivity index (χ0v) is 11.8. The van der Waals surface area contributed by atoms with Gasteiger partial charge in [0, 0.05) is 18.9 Å². The molecule has 0 radical (unpaired) electrons. The number of hydrogen-bond acceptors (Lipinski definition) is 4. The van der Waals surface area contributed by atoms with Crippen LogP contribution in [0.15, 0.2) is 41.7 Å². The van der Waals surface area contributed by atoms with Crippen LogP contribution in [-0.2, 0) is 0 Å². The van der Waals surface area contributed by atoms with E-state index in [9.17, 15) is 0 Å². The van der Waals surface area contributed by atoms with Crippen molar-refractivity contribution in [3.8, 4) is 0 Å². The quantitative estimate of drug-likeness (QED) is 0.389. The van der Waals surface area contributed by atoms with Gasteiger partial charge in [0.15, 0.2) is 5.84 Å². The minimum absolute atomic E-state index is 0.0598. The molecule has 0 amide bonds. The number of hydrogen-bond donors (Lipinski definition) is 2. The highest BCUT2D eigenvalue weighted by atomic mass is 16.4. The largest absolute Gasteiger partial charge is 0.409 e. The van der Waals surface area contributed by atoms with Crippen LogP contribution in [0.1, 0.15) is 16.7 Å².